The minimum atomic E-state index is -2.65. The van der Waals surface area contributed by atoms with E-state index in [0.29, 0.717) is 18.2 Å². The molecule has 0 aliphatic heterocycles. The molecule has 0 aromatic carbocycles. The largest absolute Gasteiger partial charge is 0.460 e. The maximum atomic E-state index is 11.3. The van der Waals surface area contributed by atoms with Crippen LogP contribution in [0.25, 0.3) is 0 Å². The van der Waals surface area contributed by atoms with Crippen molar-refractivity contribution in [3.05, 3.63) is 50.6 Å². The summed E-state index contributed by atoms with van der Waals surface area (Å²) in [6.07, 6.45) is 2.94. The van der Waals surface area contributed by atoms with Crippen molar-refractivity contribution in [3.8, 4) is 0 Å². The quantitative estimate of drug-likeness (QED) is 0.345. The third-order valence-corrected chi connectivity index (χ3v) is 1.83. The van der Waals surface area contributed by atoms with Gasteiger partial charge in [0.15, 0.2) is 0 Å². The van der Waals surface area contributed by atoms with E-state index in [1.807, 2.05) is 0 Å². The van der Waals surface area contributed by atoms with E-state index in [4.69, 9.17) is 0 Å². The topological polar surface area (TPSA) is 105 Å². The van der Waals surface area contributed by atoms with Gasteiger partial charge in [-0.2, -0.15) is 0 Å². The Balaban J connectivity index is 5.52. The van der Waals surface area contributed by atoms with E-state index in [2.05, 4.69) is 45.3 Å². The van der Waals surface area contributed by atoms with Crippen LogP contribution in [0.15, 0.2) is 50.6 Å². The molecule has 0 aromatic rings. The molecule has 0 radical (unpaired) electrons. The fourth-order valence-corrected chi connectivity index (χ4v) is 0.954. The zero-order valence-corrected chi connectivity index (χ0v) is 11.6. The highest BCUT2D eigenvalue weighted by Crippen LogP contribution is 2.19. The second-order valence-corrected chi connectivity index (χ2v) is 3.37. The average molecular weight is 310 g/mol. The third-order valence-electron chi connectivity index (χ3n) is 1.83. The molecule has 0 heterocycles. The second-order valence-electron chi connectivity index (χ2n) is 3.37. The molecule has 8 heteroatoms. The summed E-state index contributed by atoms with van der Waals surface area (Å²) in [5, 5.41) is 0. The van der Waals surface area contributed by atoms with E-state index in [9.17, 15) is 19.2 Å². The van der Waals surface area contributed by atoms with Crippen LogP contribution in [0.4, 0.5) is 0 Å². The Morgan fingerprint density at radius 1 is 0.682 bits per heavy atom. The van der Waals surface area contributed by atoms with Gasteiger partial charge in [-0.3, -0.25) is 0 Å². The molecule has 0 unspecified atom stereocenters. The molecule has 0 fully saturated rings. The molecule has 0 aromatic heterocycles. The van der Waals surface area contributed by atoms with Gasteiger partial charge in [-0.1, -0.05) is 26.3 Å². The van der Waals surface area contributed by atoms with Gasteiger partial charge in [0.2, 0.25) is 6.61 Å². The number of carbonyl (C=O) groups excluding carboxylic acids is 4. The lowest BCUT2D eigenvalue weighted by Crippen LogP contribution is -2.48. The summed E-state index contributed by atoms with van der Waals surface area (Å²) in [6.45, 7) is 11.6. The van der Waals surface area contributed by atoms with Gasteiger partial charge in [0.25, 0.3) is 0 Å². The molecule has 0 saturated heterocycles. The third kappa shape index (κ3) is 6.33. The van der Waals surface area contributed by atoms with Crippen LogP contribution in [0.2, 0.25) is 0 Å². The monoisotopic (exact) mass is 310 g/mol. The molecule has 0 aliphatic carbocycles. The number of rotatable bonds is 9. The predicted octanol–water partition coefficient (Wildman–Crippen LogP) is 0.557. The van der Waals surface area contributed by atoms with Crippen LogP contribution >= 0.6 is 0 Å². The lowest BCUT2D eigenvalue weighted by molar-refractivity contribution is -0.336. The van der Waals surface area contributed by atoms with Crippen LogP contribution in [-0.2, 0) is 38.1 Å². The van der Waals surface area contributed by atoms with Crippen molar-refractivity contribution in [2.75, 3.05) is 6.61 Å². The fraction of sp³-hybridized carbons (Fsp3) is 0.143. The van der Waals surface area contributed by atoms with E-state index in [-0.39, 0.29) is 0 Å². The first kappa shape index (κ1) is 18.8. The van der Waals surface area contributed by atoms with Crippen LogP contribution < -0.4 is 0 Å². The summed E-state index contributed by atoms with van der Waals surface area (Å²) >= 11 is 0. The van der Waals surface area contributed by atoms with Crippen molar-refractivity contribution in [2.45, 2.75) is 5.97 Å². The molecule has 0 aliphatic rings. The number of esters is 4. The molecule has 0 atom stereocenters. The smallest absolute Gasteiger partial charge is 0.450 e. The van der Waals surface area contributed by atoms with E-state index in [1.54, 1.807) is 0 Å². The van der Waals surface area contributed by atoms with Crippen LogP contribution in [-0.4, -0.2) is 36.5 Å². The van der Waals surface area contributed by atoms with Crippen LogP contribution in [0.5, 0.6) is 0 Å². The normalized spacial score (nSPS) is 9.64. The highest BCUT2D eigenvalue weighted by Gasteiger charge is 2.44. The lowest BCUT2D eigenvalue weighted by atomic mass is 10.5. The second kappa shape index (κ2) is 8.90. The number of ether oxygens (including phenoxy) is 4. The van der Waals surface area contributed by atoms with E-state index < -0.39 is 36.5 Å². The number of hydrogen-bond acceptors (Lipinski definition) is 8. The van der Waals surface area contributed by atoms with Crippen molar-refractivity contribution in [3.63, 3.8) is 0 Å². The van der Waals surface area contributed by atoms with E-state index in [1.165, 1.54) is 0 Å². The van der Waals surface area contributed by atoms with Crippen molar-refractivity contribution >= 4 is 23.9 Å². The highest BCUT2D eigenvalue weighted by molar-refractivity contribution is 5.85. The summed E-state index contributed by atoms with van der Waals surface area (Å²) in [7, 11) is 0. The zero-order valence-electron chi connectivity index (χ0n) is 11.6. The Hall–Kier alpha value is -3.16. The minimum Gasteiger partial charge on any atom is -0.450 e. The highest BCUT2D eigenvalue weighted by atomic mass is 16.9. The molecule has 118 valence electrons. The summed E-state index contributed by atoms with van der Waals surface area (Å²) < 4.78 is 18.6. The molecule has 8 nitrogen and oxygen atoms in total. The predicted molar refractivity (Wildman–Crippen MR) is 72.8 cm³/mol. The molecule has 0 rings (SSSR count). The molecule has 0 N–H and O–H groups in total. The summed E-state index contributed by atoms with van der Waals surface area (Å²) in [4.78, 5) is 45.1. The first-order valence-corrected chi connectivity index (χ1v) is 5.68. The summed E-state index contributed by atoms with van der Waals surface area (Å²) in [6, 6.07) is 0. The molecule has 0 bridgehead atoms. The van der Waals surface area contributed by atoms with Crippen LogP contribution in [0.3, 0.4) is 0 Å². The van der Waals surface area contributed by atoms with Gasteiger partial charge in [0.05, 0.1) is 0 Å². The lowest BCUT2D eigenvalue weighted by Gasteiger charge is -2.29. The Labute approximate surface area is 126 Å². The average Bonchev–Trinajstić information content (AvgIpc) is 2.51. The zero-order chi connectivity index (χ0) is 17.2. The fourth-order valence-electron chi connectivity index (χ4n) is 0.954. The van der Waals surface area contributed by atoms with Gasteiger partial charge < -0.3 is 18.9 Å². The van der Waals surface area contributed by atoms with E-state index in [0.717, 1.165) is 6.08 Å². The Morgan fingerprint density at radius 3 is 1.27 bits per heavy atom. The maximum Gasteiger partial charge on any atom is 0.460 e. The standard InChI is InChI=1S/C14H14O8/c1-5-10(15)19-9-14(20-11(16)6-2,21-12(17)7-3)22-13(18)8-4/h5-8H,1-4,9H2. The van der Waals surface area contributed by atoms with Crippen LogP contribution in [0.1, 0.15) is 0 Å². The van der Waals surface area contributed by atoms with Gasteiger partial charge in [0, 0.05) is 24.3 Å². The number of carbonyl (C=O) groups is 4. The molecular formula is C14H14O8. The SMILES string of the molecule is C=CC(=O)OCC(OC(=O)C=C)(OC(=O)C=C)OC(=O)C=C. The maximum absolute atomic E-state index is 11.3. The first-order valence-electron chi connectivity index (χ1n) is 5.68. The van der Waals surface area contributed by atoms with Crippen molar-refractivity contribution in [2.24, 2.45) is 0 Å². The van der Waals surface area contributed by atoms with Crippen LogP contribution in [0, 0.1) is 0 Å². The van der Waals surface area contributed by atoms with Gasteiger partial charge in [-0.15, -0.1) is 0 Å². The molecular weight excluding hydrogens is 296 g/mol. The van der Waals surface area contributed by atoms with Gasteiger partial charge in [0.1, 0.15) is 0 Å². The summed E-state index contributed by atoms with van der Waals surface area (Å²) in [5.74, 6) is -6.92. The Bertz CT molecular complexity index is 462. The van der Waals surface area contributed by atoms with Gasteiger partial charge in [-0.25, -0.2) is 19.2 Å². The molecule has 0 saturated carbocycles. The van der Waals surface area contributed by atoms with Crippen molar-refractivity contribution in [1.82, 2.24) is 0 Å². The Morgan fingerprint density at radius 2 is 1.00 bits per heavy atom. The van der Waals surface area contributed by atoms with Crippen molar-refractivity contribution in [1.29, 1.82) is 0 Å². The van der Waals surface area contributed by atoms with E-state index >= 15 is 0 Å². The molecule has 0 amide bonds. The van der Waals surface area contributed by atoms with Gasteiger partial charge in [-0.05, 0) is 0 Å². The Kier molecular flexibility index (Phi) is 7.62. The van der Waals surface area contributed by atoms with Crippen molar-refractivity contribution < 1.29 is 38.1 Å². The molecule has 22 heavy (non-hydrogen) atoms. The van der Waals surface area contributed by atoms with Gasteiger partial charge >= 0.3 is 29.9 Å². The summed E-state index contributed by atoms with van der Waals surface area (Å²) in [5.41, 5.74) is 0. The number of hydrogen-bond donors (Lipinski definition) is 0. The minimum absolute atomic E-state index is 0.716. The molecule has 0 spiro atoms. The first-order chi connectivity index (χ1) is 10.3.